The maximum atomic E-state index is 13.6. The van der Waals surface area contributed by atoms with Crippen molar-refractivity contribution >= 4 is 10.9 Å². The molecule has 4 aromatic heterocycles. The molecule has 4 heterocycles. The van der Waals surface area contributed by atoms with Gasteiger partial charge in [0.1, 0.15) is 24.2 Å². The summed E-state index contributed by atoms with van der Waals surface area (Å²) in [7, 11) is 0. The quantitative estimate of drug-likeness (QED) is 0.358. The SMILES string of the molecule is Cc1cc2ncn(-c3cccc(-c4nncn4CC(C)(F)F)n3)c(=O)c2cc1-n1cnc(C2CC2)c1. The Morgan fingerprint density at radius 1 is 1.11 bits per heavy atom. The molecule has 0 atom stereocenters. The largest absolute Gasteiger partial charge is 0.306 e. The molecule has 182 valence electrons. The molecule has 1 aliphatic carbocycles. The zero-order valence-corrected chi connectivity index (χ0v) is 19.6. The molecule has 0 saturated heterocycles. The summed E-state index contributed by atoms with van der Waals surface area (Å²) >= 11 is 0. The molecule has 6 rings (SSSR count). The third kappa shape index (κ3) is 4.06. The van der Waals surface area contributed by atoms with Crippen LogP contribution < -0.4 is 5.56 Å². The fraction of sp³-hybridized carbons (Fsp3) is 0.280. The fourth-order valence-electron chi connectivity index (χ4n) is 4.31. The van der Waals surface area contributed by atoms with Gasteiger partial charge in [0.15, 0.2) is 5.82 Å². The maximum absolute atomic E-state index is 13.6. The molecule has 0 aliphatic heterocycles. The number of alkyl halides is 2. The zero-order valence-electron chi connectivity index (χ0n) is 19.6. The number of rotatable bonds is 6. The fourth-order valence-corrected chi connectivity index (χ4v) is 4.31. The third-order valence-corrected chi connectivity index (χ3v) is 6.23. The Balaban J connectivity index is 1.42. The number of benzene rings is 1. The monoisotopic (exact) mass is 488 g/mol. The molecule has 5 aromatic rings. The Morgan fingerprint density at radius 2 is 1.94 bits per heavy atom. The van der Waals surface area contributed by atoms with Crippen molar-refractivity contribution in [3.8, 4) is 23.0 Å². The highest BCUT2D eigenvalue weighted by Gasteiger charge is 2.26. The number of nitrogens with zero attached hydrogens (tertiary/aromatic N) is 8. The summed E-state index contributed by atoms with van der Waals surface area (Å²) in [6, 6.07) is 8.67. The molecule has 0 radical (unpaired) electrons. The Morgan fingerprint density at radius 3 is 2.72 bits per heavy atom. The highest BCUT2D eigenvalue weighted by molar-refractivity contribution is 5.81. The molecule has 1 aromatic carbocycles. The summed E-state index contributed by atoms with van der Waals surface area (Å²) < 4.78 is 31.7. The lowest BCUT2D eigenvalue weighted by Crippen LogP contribution is -2.21. The van der Waals surface area contributed by atoms with Crippen molar-refractivity contribution in [2.45, 2.75) is 45.1 Å². The number of imidazole rings is 1. The highest BCUT2D eigenvalue weighted by atomic mass is 19.3. The van der Waals surface area contributed by atoms with Crippen LogP contribution in [0.15, 0.2) is 60.3 Å². The minimum Gasteiger partial charge on any atom is -0.306 e. The second-order valence-corrected chi connectivity index (χ2v) is 9.29. The molecule has 0 bridgehead atoms. The number of aromatic nitrogens is 8. The first-order chi connectivity index (χ1) is 17.3. The smallest absolute Gasteiger partial charge is 0.267 e. The van der Waals surface area contributed by atoms with Gasteiger partial charge in [-0.15, -0.1) is 10.2 Å². The molecular weight excluding hydrogens is 466 g/mol. The Hall–Kier alpha value is -4.28. The number of hydrogen-bond acceptors (Lipinski definition) is 6. The molecule has 1 fully saturated rings. The second-order valence-electron chi connectivity index (χ2n) is 9.29. The van der Waals surface area contributed by atoms with Crippen LogP contribution in [-0.4, -0.2) is 44.8 Å². The molecule has 0 spiro atoms. The minimum absolute atomic E-state index is 0.185. The van der Waals surface area contributed by atoms with E-state index < -0.39 is 12.5 Å². The van der Waals surface area contributed by atoms with Gasteiger partial charge in [-0.05, 0) is 49.6 Å². The molecule has 11 heteroatoms. The predicted molar refractivity (Wildman–Crippen MR) is 129 cm³/mol. The van der Waals surface area contributed by atoms with Crippen molar-refractivity contribution in [1.82, 2.24) is 38.9 Å². The van der Waals surface area contributed by atoms with Gasteiger partial charge in [0.05, 0.1) is 35.2 Å². The Kier molecular flexibility index (Phi) is 5.02. The van der Waals surface area contributed by atoms with Crippen LogP contribution in [0.3, 0.4) is 0 Å². The van der Waals surface area contributed by atoms with Crippen LogP contribution in [0, 0.1) is 6.92 Å². The van der Waals surface area contributed by atoms with E-state index in [-0.39, 0.29) is 11.4 Å². The molecule has 1 saturated carbocycles. The van der Waals surface area contributed by atoms with Gasteiger partial charge in [0.25, 0.3) is 11.5 Å². The zero-order chi connectivity index (χ0) is 25.0. The molecule has 9 nitrogen and oxygen atoms in total. The topological polar surface area (TPSA) is 96.3 Å². The van der Waals surface area contributed by atoms with Crippen LogP contribution >= 0.6 is 0 Å². The minimum atomic E-state index is -2.95. The lowest BCUT2D eigenvalue weighted by Gasteiger charge is -2.13. The van der Waals surface area contributed by atoms with Gasteiger partial charge in [-0.3, -0.25) is 9.36 Å². The lowest BCUT2D eigenvalue weighted by atomic mass is 10.1. The third-order valence-electron chi connectivity index (χ3n) is 6.23. The summed E-state index contributed by atoms with van der Waals surface area (Å²) in [5, 5.41) is 8.15. The molecule has 0 N–H and O–H groups in total. The van der Waals surface area contributed by atoms with E-state index in [4.69, 9.17) is 0 Å². The molecule has 1 aliphatic rings. The summed E-state index contributed by atoms with van der Waals surface area (Å²) in [6.45, 7) is 2.21. The number of fused-ring (bicyclic) bond motifs is 1. The van der Waals surface area contributed by atoms with Crippen LogP contribution in [0.5, 0.6) is 0 Å². The molecular formula is C25H22F2N8O. The summed E-state index contributed by atoms with van der Waals surface area (Å²) in [5.74, 6) is -1.94. The number of aryl methyl sites for hydroxylation is 1. The van der Waals surface area contributed by atoms with Gasteiger partial charge in [-0.1, -0.05) is 6.07 Å². The summed E-state index contributed by atoms with van der Waals surface area (Å²) in [4.78, 5) is 27.0. The first-order valence-corrected chi connectivity index (χ1v) is 11.6. The van der Waals surface area contributed by atoms with Gasteiger partial charge in [-0.2, -0.15) is 0 Å². The van der Waals surface area contributed by atoms with Crippen LogP contribution in [0.2, 0.25) is 0 Å². The number of pyridine rings is 1. The van der Waals surface area contributed by atoms with Gasteiger partial charge in [0.2, 0.25) is 0 Å². The van der Waals surface area contributed by atoms with E-state index >= 15 is 0 Å². The van der Waals surface area contributed by atoms with E-state index in [9.17, 15) is 13.6 Å². The van der Waals surface area contributed by atoms with Crippen molar-refractivity contribution in [1.29, 1.82) is 0 Å². The van der Waals surface area contributed by atoms with E-state index in [2.05, 4.69) is 25.1 Å². The average molecular weight is 489 g/mol. The van der Waals surface area contributed by atoms with Crippen LogP contribution in [0.4, 0.5) is 8.78 Å². The molecule has 36 heavy (non-hydrogen) atoms. The summed E-state index contributed by atoms with van der Waals surface area (Å²) in [5.41, 5.74) is 3.48. The number of halogens is 2. The highest BCUT2D eigenvalue weighted by Crippen LogP contribution is 2.39. The maximum Gasteiger partial charge on any atom is 0.267 e. The first-order valence-electron chi connectivity index (χ1n) is 11.6. The first kappa shape index (κ1) is 22.2. The van der Waals surface area contributed by atoms with Crippen LogP contribution in [0.1, 0.15) is 36.9 Å². The van der Waals surface area contributed by atoms with Crippen LogP contribution in [-0.2, 0) is 6.54 Å². The lowest BCUT2D eigenvalue weighted by molar-refractivity contribution is 0.00421. The Bertz CT molecular complexity index is 1660. The van der Waals surface area contributed by atoms with Crippen LogP contribution in [0.25, 0.3) is 33.9 Å². The van der Waals surface area contributed by atoms with Crippen molar-refractivity contribution in [2.24, 2.45) is 0 Å². The van der Waals surface area contributed by atoms with E-state index in [0.29, 0.717) is 28.3 Å². The van der Waals surface area contributed by atoms with Crippen molar-refractivity contribution in [3.05, 3.63) is 77.1 Å². The standard InChI is InChI=1S/C25H22F2N8O/c1-15-8-19-17(9-21(15)33-10-20(28-12-33)16-6-7-16)24(36)35(13-29-19)22-5-3-4-18(31-22)23-32-30-14-34(23)11-25(2,26)27/h3-5,8-10,12-14,16H,6-7,11H2,1-2H3. The average Bonchev–Trinajstić information content (AvgIpc) is 3.39. The molecule has 0 amide bonds. The van der Waals surface area contributed by atoms with Gasteiger partial charge in [-0.25, -0.2) is 23.7 Å². The number of hydrogen-bond donors (Lipinski definition) is 0. The second kappa shape index (κ2) is 8.14. The summed E-state index contributed by atoms with van der Waals surface area (Å²) in [6.07, 6.45) is 8.76. The predicted octanol–water partition coefficient (Wildman–Crippen LogP) is 4.07. The Labute approximate surface area is 204 Å². The van der Waals surface area contributed by atoms with E-state index in [1.165, 1.54) is 21.8 Å². The van der Waals surface area contributed by atoms with E-state index in [1.54, 1.807) is 24.5 Å². The molecule has 0 unspecified atom stereocenters. The van der Waals surface area contributed by atoms with Gasteiger partial charge < -0.3 is 9.13 Å². The van der Waals surface area contributed by atoms with Crippen molar-refractivity contribution in [3.63, 3.8) is 0 Å². The van der Waals surface area contributed by atoms with Crippen molar-refractivity contribution < 1.29 is 8.78 Å². The van der Waals surface area contributed by atoms with E-state index in [0.717, 1.165) is 36.7 Å². The van der Waals surface area contributed by atoms with Gasteiger partial charge >= 0.3 is 0 Å². The normalized spacial score (nSPS) is 14.0. The van der Waals surface area contributed by atoms with Crippen molar-refractivity contribution in [2.75, 3.05) is 0 Å². The van der Waals surface area contributed by atoms with E-state index in [1.807, 2.05) is 29.8 Å². The van der Waals surface area contributed by atoms with Gasteiger partial charge in [0, 0.05) is 19.0 Å².